The lowest BCUT2D eigenvalue weighted by molar-refractivity contribution is 0.185. The van der Waals surface area contributed by atoms with Gasteiger partial charge in [-0.2, -0.15) is 0 Å². The highest BCUT2D eigenvalue weighted by atomic mass is 35.5. The highest BCUT2D eigenvalue weighted by molar-refractivity contribution is 6.42. The molecule has 21 heavy (non-hydrogen) atoms. The van der Waals surface area contributed by atoms with Crippen molar-refractivity contribution in [2.24, 2.45) is 0 Å². The first-order valence-electron chi connectivity index (χ1n) is 6.89. The van der Waals surface area contributed by atoms with Gasteiger partial charge in [-0.05, 0) is 43.5 Å². The molecule has 0 bridgehead atoms. The largest absolute Gasteiger partial charge is 0.489 e. The van der Waals surface area contributed by atoms with Gasteiger partial charge >= 0.3 is 0 Å². The summed E-state index contributed by atoms with van der Waals surface area (Å²) in [5.41, 5.74) is 2.05. The Morgan fingerprint density at radius 2 is 1.81 bits per heavy atom. The SMILES string of the molecule is CC(O)CCc1ccc(OCc2cccc(Cl)c2Cl)cc1. The molecule has 1 N–H and O–H groups in total. The van der Waals surface area contributed by atoms with E-state index in [1.165, 1.54) is 5.56 Å². The average Bonchev–Trinajstić information content (AvgIpc) is 2.48. The Balaban J connectivity index is 1.93. The minimum atomic E-state index is -0.272. The molecule has 1 atom stereocenters. The summed E-state index contributed by atoms with van der Waals surface area (Å²) in [6.07, 6.45) is 1.35. The molecule has 4 heteroatoms. The van der Waals surface area contributed by atoms with Crippen LogP contribution in [0.25, 0.3) is 0 Å². The molecule has 2 aromatic carbocycles. The summed E-state index contributed by atoms with van der Waals surface area (Å²) in [6.45, 7) is 2.18. The van der Waals surface area contributed by atoms with Crippen LogP contribution in [-0.4, -0.2) is 11.2 Å². The molecule has 2 aromatic rings. The number of aryl methyl sites for hydroxylation is 1. The first kappa shape index (κ1) is 16.2. The molecular weight excluding hydrogens is 307 g/mol. The summed E-state index contributed by atoms with van der Waals surface area (Å²) in [5, 5.41) is 10.3. The molecule has 0 fully saturated rings. The smallest absolute Gasteiger partial charge is 0.119 e. The summed E-state index contributed by atoms with van der Waals surface area (Å²) in [4.78, 5) is 0. The van der Waals surface area contributed by atoms with E-state index in [1.807, 2.05) is 36.4 Å². The second-order valence-corrected chi connectivity index (χ2v) is 5.82. The van der Waals surface area contributed by atoms with Crippen molar-refractivity contribution in [1.29, 1.82) is 0 Å². The summed E-state index contributed by atoms with van der Waals surface area (Å²) in [5.74, 6) is 0.784. The predicted molar refractivity (Wildman–Crippen MR) is 87.2 cm³/mol. The minimum absolute atomic E-state index is 0.272. The molecule has 0 spiro atoms. The monoisotopic (exact) mass is 324 g/mol. The van der Waals surface area contributed by atoms with E-state index in [0.717, 1.165) is 24.2 Å². The van der Waals surface area contributed by atoms with Gasteiger partial charge in [-0.25, -0.2) is 0 Å². The third kappa shape index (κ3) is 4.92. The van der Waals surface area contributed by atoms with Crippen LogP contribution in [0, 0.1) is 0 Å². The van der Waals surface area contributed by atoms with Crippen LogP contribution in [0.4, 0.5) is 0 Å². The summed E-state index contributed by atoms with van der Waals surface area (Å²) in [7, 11) is 0. The Bertz CT molecular complexity index is 580. The number of ether oxygens (including phenoxy) is 1. The van der Waals surface area contributed by atoms with E-state index in [-0.39, 0.29) is 6.10 Å². The maximum atomic E-state index is 9.28. The van der Waals surface area contributed by atoms with E-state index in [1.54, 1.807) is 13.0 Å². The molecule has 1 unspecified atom stereocenters. The van der Waals surface area contributed by atoms with Gasteiger partial charge in [0, 0.05) is 5.56 Å². The fraction of sp³-hybridized carbons (Fsp3) is 0.294. The second-order valence-electron chi connectivity index (χ2n) is 5.03. The van der Waals surface area contributed by atoms with Gasteiger partial charge < -0.3 is 9.84 Å². The number of halogens is 2. The van der Waals surface area contributed by atoms with Crippen LogP contribution >= 0.6 is 23.2 Å². The highest BCUT2D eigenvalue weighted by Crippen LogP contribution is 2.26. The molecule has 0 aliphatic heterocycles. The number of aliphatic hydroxyl groups is 1. The summed E-state index contributed by atoms with van der Waals surface area (Å²) in [6, 6.07) is 13.4. The van der Waals surface area contributed by atoms with Crippen molar-refractivity contribution in [2.75, 3.05) is 0 Å². The molecule has 2 rings (SSSR count). The molecule has 0 aliphatic carbocycles. The van der Waals surface area contributed by atoms with Crippen molar-refractivity contribution in [3.05, 3.63) is 63.6 Å². The van der Waals surface area contributed by atoms with Crippen molar-refractivity contribution >= 4 is 23.2 Å². The fourth-order valence-corrected chi connectivity index (χ4v) is 2.32. The number of benzene rings is 2. The summed E-state index contributed by atoms with van der Waals surface area (Å²) < 4.78 is 5.72. The first-order chi connectivity index (χ1) is 10.1. The van der Waals surface area contributed by atoms with Crippen LogP contribution in [-0.2, 0) is 13.0 Å². The predicted octanol–water partition coefficient (Wildman–Crippen LogP) is 4.89. The molecule has 2 nitrogen and oxygen atoms in total. The number of rotatable bonds is 6. The van der Waals surface area contributed by atoms with E-state index >= 15 is 0 Å². The minimum Gasteiger partial charge on any atom is -0.489 e. The van der Waals surface area contributed by atoms with Crippen LogP contribution in [0.1, 0.15) is 24.5 Å². The topological polar surface area (TPSA) is 29.5 Å². The first-order valence-corrected chi connectivity index (χ1v) is 7.64. The molecule has 0 aliphatic rings. The molecule has 112 valence electrons. The Hall–Kier alpha value is -1.22. The molecule has 0 saturated carbocycles. The molecule has 0 radical (unpaired) electrons. The van der Waals surface area contributed by atoms with Crippen LogP contribution in [0.15, 0.2) is 42.5 Å². The lowest BCUT2D eigenvalue weighted by atomic mass is 10.1. The third-order valence-corrected chi connectivity index (χ3v) is 4.06. The summed E-state index contributed by atoms with van der Waals surface area (Å²) >= 11 is 12.1. The van der Waals surface area contributed by atoms with Crippen LogP contribution in [0.3, 0.4) is 0 Å². The maximum absolute atomic E-state index is 9.28. The van der Waals surface area contributed by atoms with Gasteiger partial charge in [0.05, 0.1) is 16.1 Å². The van der Waals surface area contributed by atoms with Crippen molar-refractivity contribution in [3.63, 3.8) is 0 Å². The average molecular weight is 325 g/mol. The molecule has 0 heterocycles. The molecule has 0 amide bonds. The Morgan fingerprint density at radius 1 is 1.10 bits per heavy atom. The van der Waals surface area contributed by atoms with Gasteiger partial charge in [-0.3, -0.25) is 0 Å². The maximum Gasteiger partial charge on any atom is 0.119 e. The van der Waals surface area contributed by atoms with Gasteiger partial charge in [0.25, 0.3) is 0 Å². The van der Waals surface area contributed by atoms with Gasteiger partial charge in [0.2, 0.25) is 0 Å². The van der Waals surface area contributed by atoms with Crippen LogP contribution in [0.2, 0.25) is 10.0 Å². The van der Waals surface area contributed by atoms with E-state index in [9.17, 15) is 5.11 Å². The van der Waals surface area contributed by atoms with Crippen molar-refractivity contribution in [1.82, 2.24) is 0 Å². The van der Waals surface area contributed by atoms with E-state index in [2.05, 4.69) is 0 Å². The lowest BCUT2D eigenvalue weighted by Crippen LogP contribution is -2.01. The quantitative estimate of drug-likeness (QED) is 0.820. The third-order valence-electron chi connectivity index (χ3n) is 3.20. The fourth-order valence-electron chi connectivity index (χ4n) is 1.95. The Morgan fingerprint density at radius 3 is 2.48 bits per heavy atom. The standard InChI is InChI=1S/C17H18Cl2O2/c1-12(20)5-6-13-7-9-15(10-8-13)21-11-14-3-2-4-16(18)17(14)19/h2-4,7-10,12,20H,5-6,11H2,1H3. The number of aliphatic hydroxyl groups excluding tert-OH is 1. The van der Waals surface area contributed by atoms with Crippen molar-refractivity contribution in [2.45, 2.75) is 32.5 Å². The number of hydrogen-bond acceptors (Lipinski definition) is 2. The molecule has 0 aromatic heterocycles. The Labute approximate surface area is 135 Å². The van der Waals surface area contributed by atoms with Crippen molar-refractivity contribution < 1.29 is 9.84 Å². The van der Waals surface area contributed by atoms with Crippen molar-refractivity contribution in [3.8, 4) is 5.75 Å². The zero-order valence-corrected chi connectivity index (χ0v) is 13.4. The molecule has 0 saturated heterocycles. The van der Waals surface area contributed by atoms with Gasteiger partial charge in [-0.15, -0.1) is 0 Å². The van der Waals surface area contributed by atoms with Crippen LogP contribution in [0.5, 0.6) is 5.75 Å². The zero-order valence-electron chi connectivity index (χ0n) is 11.9. The van der Waals surface area contributed by atoms with Gasteiger partial charge in [0.15, 0.2) is 0 Å². The normalized spacial score (nSPS) is 12.2. The molecular formula is C17H18Cl2O2. The lowest BCUT2D eigenvalue weighted by Gasteiger charge is -2.10. The van der Waals surface area contributed by atoms with Gasteiger partial charge in [-0.1, -0.05) is 47.5 Å². The zero-order chi connectivity index (χ0) is 15.2. The van der Waals surface area contributed by atoms with Gasteiger partial charge in [0.1, 0.15) is 12.4 Å². The number of hydrogen-bond donors (Lipinski definition) is 1. The Kier molecular flexibility index (Phi) is 5.92. The van der Waals surface area contributed by atoms with E-state index in [0.29, 0.717) is 16.7 Å². The highest BCUT2D eigenvalue weighted by Gasteiger charge is 2.05. The van der Waals surface area contributed by atoms with E-state index in [4.69, 9.17) is 27.9 Å². The van der Waals surface area contributed by atoms with E-state index < -0.39 is 0 Å². The second kappa shape index (κ2) is 7.69. The van der Waals surface area contributed by atoms with Crippen LogP contribution < -0.4 is 4.74 Å².